The molecular formula is C7H15NO2. The highest BCUT2D eigenvalue weighted by molar-refractivity contribution is 5.78. The molecule has 0 spiro atoms. The molecule has 0 rings (SSSR count). The molecule has 3 nitrogen and oxygen atoms in total. The number of nitrogens with two attached hydrogens (primary N) is 1. The monoisotopic (exact) mass is 145 g/mol. The molecule has 0 aromatic heterocycles. The van der Waals surface area contributed by atoms with Crippen LogP contribution in [0.3, 0.4) is 0 Å². The van der Waals surface area contributed by atoms with Gasteiger partial charge in [0.05, 0.1) is 0 Å². The van der Waals surface area contributed by atoms with Crippen molar-refractivity contribution < 1.29 is 9.90 Å². The maximum atomic E-state index is 10.6. The summed E-state index contributed by atoms with van der Waals surface area (Å²) in [6.07, 6.45) is 0.472. The van der Waals surface area contributed by atoms with Crippen LogP contribution in [0.1, 0.15) is 27.2 Å². The molecule has 0 heterocycles. The fourth-order valence-corrected chi connectivity index (χ4v) is 0.806. The van der Waals surface area contributed by atoms with Crippen LogP contribution >= 0.6 is 0 Å². The van der Waals surface area contributed by atoms with Crippen LogP contribution in [-0.4, -0.2) is 16.6 Å². The maximum Gasteiger partial charge on any atom is 0.323 e. The summed E-state index contributed by atoms with van der Waals surface area (Å²) in [5.74, 6) is -0.931. The normalized spacial score (nSPS) is 16.9. The SMILES string of the molecule is CCC(N)(C(=O)O)C(C)C. The number of hydrogen-bond donors (Lipinski definition) is 2. The van der Waals surface area contributed by atoms with Crippen molar-refractivity contribution in [2.24, 2.45) is 11.7 Å². The Labute approximate surface area is 61.2 Å². The van der Waals surface area contributed by atoms with Gasteiger partial charge in [-0.15, -0.1) is 0 Å². The van der Waals surface area contributed by atoms with Crippen LogP contribution < -0.4 is 5.73 Å². The van der Waals surface area contributed by atoms with E-state index in [4.69, 9.17) is 10.8 Å². The lowest BCUT2D eigenvalue weighted by Crippen LogP contribution is -2.51. The summed E-state index contributed by atoms with van der Waals surface area (Å²) in [6.45, 7) is 5.42. The van der Waals surface area contributed by atoms with Crippen LogP contribution in [0.5, 0.6) is 0 Å². The van der Waals surface area contributed by atoms with E-state index in [2.05, 4.69) is 0 Å². The average Bonchev–Trinajstić information content (AvgIpc) is 1.85. The molecule has 3 heteroatoms. The minimum Gasteiger partial charge on any atom is -0.480 e. The number of rotatable bonds is 3. The molecule has 0 fully saturated rings. The molecule has 0 aromatic carbocycles. The number of carboxylic acid groups (broad SMARTS) is 1. The Balaban J connectivity index is 4.38. The topological polar surface area (TPSA) is 63.3 Å². The zero-order valence-corrected chi connectivity index (χ0v) is 6.72. The third kappa shape index (κ3) is 1.48. The molecule has 0 saturated heterocycles. The van der Waals surface area contributed by atoms with Gasteiger partial charge in [0.25, 0.3) is 0 Å². The minimum atomic E-state index is -1.04. The zero-order chi connectivity index (χ0) is 8.36. The molecule has 0 aliphatic rings. The standard InChI is InChI=1S/C7H15NO2/c1-4-7(8,5(2)3)6(9)10/h5H,4,8H2,1-3H3,(H,9,10). The van der Waals surface area contributed by atoms with Crippen LogP contribution in [0.25, 0.3) is 0 Å². The molecule has 0 bridgehead atoms. The van der Waals surface area contributed by atoms with Gasteiger partial charge in [-0.2, -0.15) is 0 Å². The maximum absolute atomic E-state index is 10.6. The van der Waals surface area contributed by atoms with Crippen molar-refractivity contribution in [3.63, 3.8) is 0 Å². The smallest absolute Gasteiger partial charge is 0.323 e. The molecule has 0 radical (unpaired) electrons. The first-order valence-electron chi connectivity index (χ1n) is 3.47. The predicted octanol–water partition coefficient (Wildman–Crippen LogP) is 0.834. The summed E-state index contributed by atoms with van der Waals surface area (Å²) < 4.78 is 0. The summed E-state index contributed by atoms with van der Waals surface area (Å²) in [5.41, 5.74) is 4.54. The van der Waals surface area contributed by atoms with Crippen LogP contribution in [0.2, 0.25) is 0 Å². The highest BCUT2D eigenvalue weighted by Crippen LogP contribution is 2.17. The molecule has 10 heavy (non-hydrogen) atoms. The van der Waals surface area contributed by atoms with E-state index >= 15 is 0 Å². The first kappa shape index (κ1) is 9.43. The molecule has 1 atom stereocenters. The number of carboxylic acids is 1. The molecule has 0 amide bonds. The highest BCUT2D eigenvalue weighted by atomic mass is 16.4. The van der Waals surface area contributed by atoms with Gasteiger partial charge in [0.1, 0.15) is 5.54 Å². The Morgan fingerprint density at radius 3 is 2.10 bits per heavy atom. The van der Waals surface area contributed by atoms with E-state index in [1.807, 2.05) is 13.8 Å². The van der Waals surface area contributed by atoms with Gasteiger partial charge in [0.2, 0.25) is 0 Å². The van der Waals surface area contributed by atoms with Gasteiger partial charge in [-0.05, 0) is 12.3 Å². The van der Waals surface area contributed by atoms with Crippen molar-refractivity contribution in [2.45, 2.75) is 32.7 Å². The fraction of sp³-hybridized carbons (Fsp3) is 0.857. The first-order chi connectivity index (χ1) is 4.45. The van der Waals surface area contributed by atoms with Crippen molar-refractivity contribution in [3.05, 3.63) is 0 Å². The van der Waals surface area contributed by atoms with Gasteiger partial charge < -0.3 is 10.8 Å². The lowest BCUT2D eigenvalue weighted by Gasteiger charge is -2.26. The molecule has 3 N–H and O–H groups in total. The summed E-state index contributed by atoms with van der Waals surface area (Å²) in [7, 11) is 0. The number of carbonyl (C=O) groups is 1. The van der Waals surface area contributed by atoms with Gasteiger partial charge in [-0.25, -0.2) is 0 Å². The van der Waals surface area contributed by atoms with Crippen LogP contribution in [-0.2, 0) is 4.79 Å². The average molecular weight is 145 g/mol. The van der Waals surface area contributed by atoms with Crippen LogP contribution in [0, 0.1) is 5.92 Å². The second-order valence-electron chi connectivity index (χ2n) is 2.85. The van der Waals surface area contributed by atoms with E-state index < -0.39 is 11.5 Å². The molecule has 0 aliphatic heterocycles. The van der Waals surface area contributed by atoms with Gasteiger partial charge in [-0.3, -0.25) is 4.79 Å². The molecule has 0 aromatic rings. The number of aliphatic carboxylic acids is 1. The molecular weight excluding hydrogens is 130 g/mol. The third-order valence-electron chi connectivity index (χ3n) is 2.01. The second-order valence-corrected chi connectivity index (χ2v) is 2.85. The van der Waals surface area contributed by atoms with E-state index in [9.17, 15) is 4.79 Å². The predicted molar refractivity (Wildman–Crippen MR) is 39.7 cm³/mol. The first-order valence-corrected chi connectivity index (χ1v) is 3.47. The van der Waals surface area contributed by atoms with Crippen molar-refractivity contribution in [1.29, 1.82) is 0 Å². The Kier molecular flexibility index (Phi) is 2.84. The van der Waals surface area contributed by atoms with Gasteiger partial charge in [-0.1, -0.05) is 20.8 Å². The quantitative estimate of drug-likeness (QED) is 0.618. The van der Waals surface area contributed by atoms with Crippen molar-refractivity contribution in [2.75, 3.05) is 0 Å². The Hall–Kier alpha value is -0.570. The Morgan fingerprint density at radius 1 is 1.70 bits per heavy atom. The molecule has 60 valence electrons. The second kappa shape index (κ2) is 3.01. The third-order valence-corrected chi connectivity index (χ3v) is 2.01. The van der Waals surface area contributed by atoms with Crippen molar-refractivity contribution in [3.8, 4) is 0 Å². The zero-order valence-electron chi connectivity index (χ0n) is 6.72. The van der Waals surface area contributed by atoms with Gasteiger partial charge >= 0.3 is 5.97 Å². The van der Waals surface area contributed by atoms with E-state index in [1.54, 1.807) is 6.92 Å². The van der Waals surface area contributed by atoms with E-state index in [-0.39, 0.29) is 5.92 Å². The van der Waals surface area contributed by atoms with E-state index in [0.29, 0.717) is 6.42 Å². The largest absolute Gasteiger partial charge is 0.480 e. The van der Waals surface area contributed by atoms with Crippen LogP contribution in [0.15, 0.2) is 0 Å². The van der Waals surface area contributed by atoms with E-state index in [0.717, 1.165) is 0 Å². The summed E-state index contributed by atoms with van der Waals surface area (Å²) in [5, 5.41) is 8.68. The lowest BCUT2D eigenvalue weighted by molar-refractivity contribution is -0.145. The summed E-state index contributed by atoms with van der Waals surface area (Å²) in [6, 6.07) is 0. The summed E-state index contributed by atoms with van der Waals surface area (Å²) >= 11 is 0. The van der Waals surface area contributed by atoms with Crippen LogP contribution in [0.4, 0.5) is 0 Å². The Bertz CT molecular complexity index is 134. The summed E-state index contributed by atoms with van der Waals surface area (Å²) in [4.78, 5) is 10.6. The van der Waals surface area contributed by atoms with Crippen molar-refractivity contribution in [1.82, 2.24) is 0 Å². The lowest BCUT2D eigenvalue weighted by atomic mass is 9.85. The molecule has 0 aliphatic carbocycles. The highest BCUT2D eigenvalue weighted by Gasteiger charge is 2.35. The van der Waals surface area contributed by atoms with E-state index in [1.165, 1.54) is 0 Å². The van der Waals surface area contributed by atoms with Gasteiger partial charge in [0.15, 0.2) is 0 Å². The van der Waals surface area contributed by atoms with Gasteiger partial charge in [0, 0.05) is 0 Å². The minimum absolute atomic E-state index is 0.0185. The molecule has 1 unspecified atom stereocenters. The Morgan fingerprint density at radius 2 is 2.10 bits per heavy atom. The fourth-order valence-electron chi connectivity index (χ4n) is 0.806. The van der Waals surface area contributed by atoms with Crippen molar-refractivity contribution >= 4 is 5.97 Å². The number of hydrogen-bond acceptors (Lipinski definition) is 2. The molecule has 0 saturated carbocycles.